The number of carbonyl (C=O) groups excluding carboxylic acids is 1. The van der Waals surface area contributed by atoms with E-state index in [1.807, 2.05) is 47.6 Å². The van der Waals surface area contributed by atoms with Crippen LogP contribution in [0.1, 0.15) is 29.5 Å². The second-order valence-electron chi connectivity index (χ2n) is 7.83. The number of benzene rings is 2. The van der Waals surface area contributed by atoms with E-state index in [0.29, 0.717) is 5.92 Å². The van der Waals surface area contributed by atoms with Crippen LogP contribution in [0, 0.1) is 19.8 Å². The highest BCUT2D eigenvalue weighted by Crippen LogP contribution is 2.23. The third kappa shape index (κ3) is 4.01. The Labute approximate surface area is 166 Å². The minimum atomic E-state index is 0.112. The van der Waals surface area contributed by atoms with Crippen LogP contribution in [0.15, 0.2) is 54.9 Å². The maximum absolute atomic E-state index is 12.5. The molecule has 3 aromatic rings. The minimum absolute atomic E-state index is 0.112. The number of aromatic nitrogens is 2. The van der Waals surface area contributed by atoms with Crippen molar-refractivity contribution in [3.8, 4) is 0 Å². The van der Waals surface area contributed by atoms with Gasteiger partial charge >= 0.3 is 0 Å². The first kappa shape index (κ1) is 18.5. The number of likely N-dealkylation sites (tertiary alicyclic amines) is 1. The molecule has 1 aliphatic rings. The molecular formula is C24H27N3O. The smallest absolute Gasteiger partial charge is 0.246 e. The van der Waals surface area contributed by atoms with E-state index in [0.717, 1.165) is 43.6 Å². The van der Waals surface area contributed by atoms with Crippen molar-refractivity contribution in [1.82, 2.24) is 14.5 Å². The fourth-order valence-electron chi connectivity index (χ4n) is 3.91. The number of nitrogens with zero attached hydrogens (tertiary/aromatic N) is 3. The molecule has 1 fully saturated rings. The highest BCUT2D eigenvalue weighted by molar-refractivity contribution is 5.91. The predicted molar refractivity (Wildman–Crippen MR) is 114 cm³/mol. The van der Waals surface area contributed by atoms with Crippen LogP contribution < -0.4 is 0 Å². The van der Waals surface area contributed by atoms with E-state index >= 15 is 0 Å². The molecule has 0 spiro atoms. The van der Waals surface area contributed by atoms with Gasteiger partial charge in [-0.3, -0.25) is 4.79 Å². The second-order valence-corrected chi connectivity index (χ2v) is 7.83. The average molecular weight is 374 g/mol. The first-order valence-electron chi connectivity index (χ1n) is 10.0. The van der Waals surface area contributed by atoms with E-state index in [9.17, 15) is 4.79 Å². The Bertz CT molecular complexity index is 995. The van der Waals surface area contributed by atoms with Gasteiger partial charge in [-0.25, -0.2) is 4.98 Å². The van der Waals surface area contributed by atoms with Crippen LogP contribution in [-0.4, -0.2) is 33.4 Å². The summed E-state index contributed by atoms with van der Waals surface area (Å²) in [6.07, 6.45) is 7.63. The summed E-state index contributed by atoms with van der Waals surface area (Å²) >= 11 is 0. The number of fused-ring (bicyclic) bond motifs is 1. The molecule has 0 aliphatic carbocycles. The van der Waals surface area contributed by atoms with Crippen molar-refractivity contribution in [3.63, 3.8) is 0 Å². The summed E-state index contributed by atoms with van der Waals surface area (Å²) in [4.78, 5) is 19.0. The zero-order valence-electron chi connectivity index (χ0n) is 16.6. The highest BCUT2D eigenvalue weighted by atomic mass is 16.2. The molecule has 144 valence electrons. The predicted octanol–water partition coefficient (Wildman–Crippen LogP) is 4.61. The number of hydrogen-bond donors (Lipinski definition) is 0. The Morgan fingerprint density at radius 2 is 1.82 bits per heavy atom. The molecular weight excluding hydrogens is 346 g/mol. The minimum Gasteiger partial charge on any atom is -0.339 e. The first-order chi connectivity index (χ1) is 13.6. The van der Waals surface area contributed by atoms with E-state index in [1.165, 1.54) is 16.6 Å². The summed E-state index contributed by atoms with van der Waals surface area (Å²) in [5.41, 5.74) is 5.94. The van der Waals surface area contributed by atoms with Crippen LogP contribution >= 0.6 is 0 Å². The van der Waals surface area contributed by atoms with Gasteiger partial charge in [0.05, 0.1) is 17.4 Å². The molecule has 28 heavy (non-hydrogen) atoms. The third-order valence-electron chi connectivity index (χ3n) is 5.84. The molecule has 0 atom stereocenters. The van der Waals surface area contributed by atoms with Gasteiger partial charge in [-0.2, -0.15) is 0 Å². The molecule has 0 saturated carbocycles. The van der Waals surface area contributed by atoms with Gasteiger partial charge in [-0.1, -0.05) is 30.3 Å². The van der Waals surface area contributed by atoms with Crippen LogP contribution in [0.5, 0.6) is 0 Å². The van der Waals surface area contributed by atoms with Crippen LogP contribution in [0.2, 0.25) is 0 Å². The van der Waals surface area contributed by atoms with Crippen molar-refractivity contribution in [2.24, 2.45) is 5.92 Å². The van der Waals surface area contributed by atoms with E-state index in [4.69, 9.17) is 0 Å². The van der Waals surface area contributed by atoms with E-state index in [2.05, 4.69) is 35.5 Å². The van der Waals surface area contributed by atoms with Crippen LogP contribution in [0.25, 0.3) is 17.1 Å². The van der Waals surface area contributed by atoms with E-state index < -0.39 is 0 Å². The van der Waals surface area contributed by atoms with Crippen molar-refractivity contribution >= 4 is 23.0 Å². The van der Waals surface area contributed by atoms with Gasteiger partial charge in [0.2, 0.25) is 5.91 Å². The summed E-state index contributed by atoms with van der Waals surface area (Å²) in [5.74, 6) is 0.697. The monoisotopic (exact) mass is 373 g/mol. The van der Waals surface area contributed by atoms with E-state index in [-0.39, 0.29) is 5.91 Å². The maximum Gasteiger partial charge on any atom is 0.246 e. The maximum atomic E-state index is 12.5. The van der Waals surface area contributed by atoms with Crippen molar-refractivity contribution in [2.75, 3.05) is 13.1 Å². The van der Waals surface area contributed by atoms with Gasteiger partial charge < -0.3 is 9.47 Å². The Morgan fingerprint density at radius 3 is 2.57 bits per heavy atom. The number of rotatable bonds is 4. The normalized spacial score (nSPS) is 15.6. The largest absolute Gasteiger partial charge is 0.339 e. The molecule has 1 aliphatic heterocycles. The molecule has 1 amide bonds. The van der Waals surface area contributed by atoms with Crippen molar-refractivity contribution in [1.29, 1.82) is 0 Å². The zero-order valence-corrected chi connectivity index (χ0v) is 16.6. The first-order valence-corrected chi connectivity index (χ1v) is 10.0. The van der Waals surface area contributed by atoms with Crippen LogP contribution in [-0.2, 0) is 11.3 Å². The Balaban J connectivity index is 1.35. The summed E-state index contributed by atoms with van der Waals surface area (Å²) in [7, 11) is 0. The molecule has 4 rings (SSSR count). The molecule has 4 nitrogen and oxygen atoms in total. The summed E-state index contributed by atoms with van der Waals surface area (Å²) in [5, 5.41) is 0. The lowest BCUT2D eigenvalue weighted by molar-refractivity contribution is -0.127. The number of imidazole rings is 1. The summed E-state index contributed by atoms with van der Waals surface area (Å²) in [6.45, 7) is 6.91. The molecule has 0 radical (unpaired) electrons. The Kier molecular flexibility index (Phi) is 5.29. The molecule has 0 N–H and O–H groups in total. The topological polar surface area (TPSA) is 38.1 Å². The lowest BCUT2D eigenvalue weighted by Gasteiger charge is -2.31. The van der Waals surface area contributed by atoms with Gasteiger partial charge in [0.1, 0.15) is 0 Å². The fraction of sp³-hybridized carbons (Fsp3) is 0.333. The standard InChI is InChI=1S/C24H27N3O/c1-18-14-22-23(15-19(18)2)27(17-25-22)16-21-10-12-26(13-11-21)24(28)9-8-20-6-4-3-5-7-20/h3-9,14-15,17,21H,10-13,16H2,1-2H3/b9-8+. The molecule has 0 unspecified atom stereocenters. The van der Waals surface area contributed by atoms with Crippen LogP contribution in [0.3, 0.4) is 0 Å². The Hall–Kier alpha value is -2.88. The van der Waals surface area contributed by atoms with Crippen molar-refractivity contribution < 1.29 is 4.79 Å². The van der Waals surface area contributed by atoms with Gasteiger partial charge in [-0.05, 0) is 67.5 Å². The quantitative estimate of drug-likeness (QED) is 0.627. The van der Waals surface area contributed by atoms with E-state index in [1.54, 1.807) is 6.08 Å². The van der Waals surface area contributed by atoms with Gasteiger partial charge in [-0.15, -0.1) is 0 Å². The third-order valence-corrected chi connectivity index (χ3v) is 5.84. The second kappa shape index (κ2) is 8.01. The Morgan fingerprint density at radius 1 is 1.11 bits per heavy atom. The molecule has 2 heterocycles. The van der Waals surface area contributed by atoms with Crippen molar-refractivity contribution in [3.05, 3.63) is 71.6 Å². The summed E-state index contributed by atoms with van der Waals surface area (Å²) < 4.78 is 2.28. The molecule has 1 saturated heterocycles. The SMILES string of the molecule is Cc1cc2ncn(CC3CCN(C(=O)/C=C/c4ccccc4)CC3)c2cc1C. The van der Waals surface area contributed by atoms with Crippen molar-refractivity contribution in [2.45, 2.75) is 33.2 Å². The van der Waals surface area contributed by atoms with Gasteiger partial charge in [0.25, 0.3) is 0 Å². The molecule has 1 aromatic heterocycles. The zero-order chi connectivity index (χ0) is 19.5. The number of carbonyl (C=O) groups is 1. The molecule has 2 aromatic carbocycles. The highest BCUT2D eigenvalue weighted by Gasteiger charge is 2.22. The number of piperidine rings is 1. The number of hydrogen-bond acceptors (Lipinski definition) is 2. The van der Waals surface area contributed by atoms with Crippen LogP contribution in [0.4, 0.5) is 0 Å². The number of aryl methyl sites for hydroxylation is 2. The molecule has 0 bridgehead atoms. The summed E-state index contributed by atoms with van der Waals surface area (Å²) in [6, 6.07) is 14.4. The molecule has 4 heteroatoms. The average Bonchev–Trinajstić information content (AvgIpc) is 3.09. The fourth-order valence-corrected chi connectivity index (χ4v) is 3.91. The lowest BCUT2D eigenvalue weighted by Crippen LogP contribution is -2.38. The van der Waals surface area contributed by atoms with Gasteiger partial charge in [0, 0.05) is 25.7 Å². The lowest BCUT2D eigenvalue weighted by atomic mass is 9.96. The van der Waals surface area contributed by atoms with Gasteiger partial charge in [0.15, 0.2) is 0 Å². The number of amides is 1.